The van der Waals surface area contributed by atoms with Crippen LogP contribution < -0.4 is 5.73 Å². The first-order chi connectivity index (χ1) is 10.1. The summed E-state index contributed by atoms with van der Waals surface area (Å²) in [6, 6.07) is 12.1. The molecule has 0 radical (unpaired) electrons. The van der Waals surface area contributed by atoms with Crippen LogP contribution in [0.1, 0.15) is 18.5 Å². The van der Waals surface area contributed by atoms with Gasteiger partial charge in [0.2, 0.25) is 0 Å². The van der Waals surface area contributed by atoms with Gasteiger partial charge in [-0.1, -0.05) is 25.2 Å². The predicted octanol–water partition coefficient (Wildman–Crippen LogP) is 3.53. The van der Waals surface area contributed by atoms with Gasteiger partial charge in [0.25, 0.3) is 0 Å². The SMILES string of the molecule is CC(C(N)=S)c1c(-c2ccc(F)cc2)nc2ccccn12. The maximum absolute atomic E-state index is 13.1. The minimum atomic E-state index is -0.272. The summed E-state index contributed by atoms with van der Waals surface area (Å²) in [5.41, 5.74) is 9.18. The van der Waals surface area contributed by atoms with Crippen molar-refractivity contribution in [2.24, 2.45) is 5.73 Å². The first-order valence-electron chi connectivity index (χ1n) is 6.60. The highest BCUT2D eigenvalue weighted by Gasteiger charge is 2.20. The number of imidazole rings is 1. The Labute approximate surface area is 127 Å². The second kappa shape index (κ2) is 5.26. The zero-order valence-corrected chi connectivity index (χ0v) is 12.3. The Bertz CT molecular complexity index is 808. The van der Waals surface area contributed by atoms with Crippen molar-refractivity contribution in [3.63, 3.8) is 0 Å². The van der Waals surface area contributed by atoms with Crippen molar-refractivity contribution < 1.29 is 4.39 Å². The van der Waals surface area contributed by atoms with E-state index in [1.165, 1.54) is 12.1 Å². The van der Waals surface area contributed by atoms with Crippen molar-refractivity contribution in [1.82, 2.24) is 9.38 Å². The molecule has 106 valence electrons. The number of pyridine rings is 1. The lowest BCUT2D eigenvalue weighted by atomic mass is 10.0. The minimum Gasteiger partial charge on any atom is -0.393 e. The molecule has 0 aliphatic carbocycles. The Morgan fingerprint density at radius 2 is 1.95 bits per heavy atom. The lowest BCUT2D eigenvalue weighted by molar-refractivity contribution is 0.628. The van der Waals surface area contributed by atoms with E-state index in [-0.39, 0.29) is 11.7 Å². The molecule has 0 bridgehead atoms. The first-order valence-corrected chi connectivity index (χ1v) is 7.01. The monoisotopic (exact) mass is 299 g/mol. The standard InChI is InChI=1S/C16H14FN3S/c1-10(16(18)21)15-14(11-5-7-12(17)8-6-11)19-13-4-2-3-9-20(13)15/h2-10H,1H3,(H2,18,21). The Balaban J connectivity index is 2.28. The molecule has 0 saturated carbocycles. The Kier molecular flexibility index (Phi) is 3.43. The van der Waals surface area contributed by atoms with Gasteiger partial charge >= 0.3 is 0 Å². The highest BCUT2D eigenvalue weighted by atomic mass is 32.1. The van der Waals surface area contributed by atoms with E-state index >= 15 is 0 Å². The fourth-order valence-corrected chi connectivity index (χ4v) is 2.50. The molecule has 1 atom stereocenters. The second-order valence-corrected chi connectivity index (χ2v) is 5.38. The third kappa shape index (κ3) is 2.40. The van der Waals surface area contributed by atoms with Gasteiger partial charge in [0.1, 0.15) is 11.5 Å². The number of nitrogens with zero attached hydrogens (tertiary/aromatic N) is 2. The number of fused-ring (bicyclic) bond motifs is 1. The van der Waals surface area contributed by atoms with Crippen LogP contribution in [-0.4, -0.2) is 14.4 Å². The predicted molar refractivity (Wildman–Crippen MR) is 85.8 cm³/mol. The molecule has 1 unspecified atom stereocenters. The topological polar surface area (TPSA) is 43.3 Å². The molecular formula is C16H14FN3S. The molecule has 0 aliphatic heterocycles. The maximum Gasteiger partial charge on any atom is 0.137 e. The number of aromatic nitrogens is 2. The fraction of sp³-hybridized carbons (Fsp3) is 0.125. The van der Waals surface area contributed by atoms with Crippen molar-refractivity contribution >= 4 is 22.9 Å². The number of benzene rings is 1. The molecule has 1 aromatic carbocycles. The summed E-state index contributed by atoms with van der Waals surface area (Å²) in [5.74, 6) is -0.399. The minimum absolute atomic E-state index is 0.127. The van der Waals surface area contributed by atoms with Gasteiger partial charge in [0.05, 0.1) is 16.4 Å². The molecule has 2 aromatic heterocycles. The van der Waals surface area contributed by atoms with Crippen LogP contribution in [0.15, 0.2) is 48.7 Å². The van der Waals surface area contributed by atoms with Crippen LogP contribution in [-0.2, 0) is 0 Å². The second-order valence-electron chi connectivity index (χ2n) is 4.91. The lowest BCUT2D eigenvalue weighted by Gasteiger charge is -2.12. The van der Waals surface area contributed by atoms with Gasteiger partial charge in [-0.15, -0.1) is 0 Å². The smallest absolute Gasteiger partial charge is 0.137 e. The number of hydrogen-bond donors (Lipinski definition) is 1. The summed E-state index contributed by atoms with van der Waals surface area (Å²) in [4.78, 5) is 5.05. The molecule has 3 rings (SSSR count). The molecule has 5 heteroatoms. The molecule has 3 nitrogen and oxygen atoms in total. The third-order valence-corrected chi connectivity index (χ3v) is 3.88. The highest BCUT2D eigenvalue weighted by molar-refractivity contribution is 7.80. The molecular weight excluding hydrogens is 285 g/mol. The third-order valence-electron chi connectivity index (χ3n) is 3.52. The average Bonchev–Trinajstić information content (AvgIpc) is 2.86. The van der Waals surface area contributed by atoms with Gasteiger partial charge < -0.3 is 10.1 Å². The number of halogens is 1. The van der Waals surface area contributed by atoms with E-state index in [9.17, 15) is 4.39 Å². The molecule has 2 N–H and O–H groups in total. The van der Waals surface area contributed by atoms with Crippen LogP contribution in [0.25, 0.3) is 16.9 Å². The molecule has 21 heavy (non-hydrogen) atoms. The summed E-state index contributed by atoms with van der Waals surface area (Å²) < 4.78 is 15.1. The fourth-order valence-electron chi connectivity index (χ4n) is 2.38. The van der Waals surface area contributed by atoms with E-state index in [1.807, 2.05) is 35.7 Å². The van der Waals surface area contributed by atoms with Crippen molar-refractivity contribution in [1.29, 1.82) is 0 Å². The Morgan fingerprint density at radius 3 is 2.62 bits per heavy atom. The molecule has 0 fully saturated rings. The molecule has 0 aliphatic rings. The molecule has 3 aromatic rings. The molecule has 0 saturated heterocycles. The van der Waals surface area contributed by atoms with E-state index in [2.05, 4.69) is 4.98 Å². The highest BCUT2D eigenvalue weighted by Crippen LogP contribution is 2.30. The number of hydrogen-bond acceptors (Lipinski definition) is 2. The van der Waals surface area contributed by atoms with Gasteiger partial charge in [0.15, 0.2) is 0 Å². The van der Waals surface area contributed by atoms with Gasteiger partial charge in [0, 0.05) is 17.7 Å². The zero-order valence-electron chi connectivity index (χ0n) is 11.5. The van der Waals surface area contributed by atoms with E-state index < -0.39 is 0 Å². The zero-order chi connectivity index (χ0) is 15.0. The first kappa shape index (κ1) is 13.7. The van der Waals surface area contributed by atoms with Crippen LogP contribution in [0.4, 0.5) is 4.39 Å². The van der Waals surface area contributed by atoms with Gasteiger partial charge in [-0.2, -0.15) is 0 Å². The van der Waals surface area contributed by atoms with Gasteiger partial charge in [-0.05, 0) is 36.4 Å². The summed E-state index contributed by atoms with van der Waals surface area (Å²) in [5, 5.41) is 0. The lowest BCUT2D eigenvalue weighted by Crippen LogP contribution is -2.18. The van der Waals surface area contributed by atoms with E-state index in [1.54, 1.807) is 12.1 Å². The van der Waals surface area contributed by atoms with Crippen LogP contribution in [0.3, 0.4) is 0 Å². The van der Waals surface area contributed by atoms with E-state index in [0.29, 0.717) is 4.99 Å². The molecule has 0 amide bonds. The summed E-state index contributed by atoms with van der Waals surface area (Å²) >= 11 is 5.14. The summed E-state index contributed by atoms with van der Waals surface area (Å²) in [6.45, 7) is 1.95. The van der Waals surface area contributed by atoms with Crippen molar-refractivity contribution in [3.05, 3.63) is 60.2 Å². The maximum atomic E-state index is 13.1. The van der Waals surface area contributed by atoms with Crippen LogP contribution in [0.2, 0.25) is 0 Å². The number of nitrogens with two attached hydrogens (primary N) is 1. The summed E-state index contributed by atoms with van der Waals surface area (Å²) in [7, 11) is 0. The van der Waals surface area contributed by atoms with Gasteiger partial charge in [-0.25, -0.2) is 9.37 Å². The van der Waals surface area contributed by atoms with Crippen molar-refractivity contribution in [2.45, 2.75) is 12.8 Å². The van der Waals surface area contributed by atoms with E-state index in [0.717, 1.165) is 22.6 Å². The van der Waals surface area contributed by atoms with Crippen LogP contribution >= 0.6 is 12.2 Å². The van der Waals surface area contributed by atoms with Crippen LogP contribution in [0, 0.1) is 5.82 Å². The quantitative estimate of drug-likeness (QED) is 0.752. The molecule has 0 spiro atoms. The van der Waals surface area contributed by atoms with E-state index in [4.69, 9.17) is 18.0 Å². The normalized spacial score (nSPS) is 12.5. The largest absolute Gasteiger partial charge is 0.393 e. The average molecular weight is 299 g/mol. The Hall–Kier alpha value is -2.27. The van der Waals surface area contributed by atoms with Crippen molar-refractivity contribution in [3.8, 4) is 11.3 Å². The number of rotatable bonds is 3. The van der Waals surface area contributed by atoms with Crippen LogP contribution in [0.5, 0.6) is 0 Å². The molecule has 2 heterocycles. The Morgan fingerprint density at radius 1 is 1.24 bits per heavy atom. The summed E-state index contributed by atoms with van der Waals surface area (Å²) in [6.07, 6.45) is 1.93. The van der Waals surface area contributed by atoms with Gasteiger partial charge in [-0.3, -0.25) is 0 Å². The number of thiocarbonyl (C=S) groups is 1. The van der Waals surface area contributed by atoms with Crippen molar-refractivity contribution in [2.75, 3.05) is 0 Å².